The van der Waals surface area contributed by atoms with Gasteiger partial charge in [-0.3, -0.25) is 9.59 Å². The van der Waals surface area contributed by atoms with Gasteiger partial charge in [-0.15, -0.1) is 0 Å². The van der Waals surface area contributed by atoms with Gasteiger partial charge in [0.1, 0.15) is 11.0 Å². The van der Waals surface area contributed by atoms with Gasteiger partial charge in [0, 0.05) is 44.7 Å². The normalized spacial score (nSPS) is 17.8. The molecule has 0 radical (unpaired) electrons. The van der Waals surface area contributed by atoms with Crippen LogP contribution in [-0.4, -0.2) is 64.2 Å². The van der Waals surface area contributed by atoms with E-state index < -0.39 is 0 Å². The Labute approximate surface area is 157 Å². The van der Waals surface area contributed by atoms with Gasteiger partial charge in [0.2, 0.25) is 11.8 Å². The molecule has 0 bridgehead atoms. The molecule has 2 amide bonds. The van der Waals surface area contributed by atoms with Crippen LogP contribution < -0.4 is 10.2 Å². The topological polar surface area (TPSA) is 78.4 Å². The molecule has 2 rings (SSSR count). The highest BCUT2D eigenvalue weighted by atomic mass is 35.5. The van der Waals surface area contributed by atoms with Gasteiger partial charge in [0.15, 0.2) is 5.16 Å². The number of piperazine rings is 1. The largest absolute Gasteiger partial charge is 0.353 e. The van der Waals surface area contributed by atoms with Gasteiger partial charge in [-0.05, 0) is 20.8 Å². The standard InChI is InChI=1S/C16H24ClN5O2S/c1-10(2)18-15(24)9-25-16-19-13(17)7-14(20-16)21-5-6-22(12(4)23)11(3)8-21/h7,10-11H,5-6,8-9H2,1-4H3,(H,18,24)/t11-/m1/s1. The number of thioether (sulfide) groups is 1. The van der Waals surface area contributed by atoms with E-state index in [4.69, 9.17) is 11.6 Å². The third kappa shape index (κ3) is 5.74. The summed E-state index contributed by atoms with van der Waals surface area (Å²) in [4.78, 5) is 36.0. The third-order valence-corrected chi connectivity index (χ3v) is 4.84. The zero-order valence-corrected chi connectivity index (χ0v) is 16.5. The molecule has 1 N–H and O–H groups in total. The van der Waals surface area contributed by atoms with Crippen molar-refractivity contribution in [2.45, 2.75) is 44.9 Å². The summed E-state index contributed by atoms with van der Waals surface area (Å²) in [7, 11) is 0. The Kier molecular flexibility index (Phi) is 6.89. The molecule has 0 aliphatic carbocycles. The average molecular weight is 386 g/mol. The third-order valence-electron chi connectivity index (χ3n) is 3.80. The summed E-state index contributed by atoms with van der Waals surface area (Å²) in [6.07, 6.45) is 0. The Morgan fingerprint density at radius 2 is 2.12 bits per heavy atom. The van der Waals surface area contributed by atoms with E-state index in [1.54, 1.807) is 13.0 Å². The van der Waals surface area contributed by atoms with Gasteiger partial charge in [0.25, 0.3) is 0 Å². The molecule has 1 fully saturated rings. The van der Waals surface area contributed by atoms with E-state index in [9.17, 15) is 9.59 Å². The fourth-order valence-corrected chi connectivity index (χ4v) is 3.63. The summed E-state index contributed by atoms with van der Waals surface area (Å²) in [5.74, 6) is 0.989. The van der Waals surface area contributed by atoms with Crippen LogP contribution in [0.5, 0.6) is 0 Å². The number of carbonyl (C=O) groups is 2. The van der Waals surface area contributed by atoms with Gasteiger partial charge in [0.05, 0.1) is 5.75 Å². The lowest BCUT2D eigenvalue weighted by atomic mass is 10.2. The zero-order valence-electron chi connectivity index (χ0n) is 15.0. The fraction of sp³-hybridized carbons (Fsp3) is 0.625. The first kappa shape index (κ1) is 19.8. The molecular formula is C16H24ClN5O2S. The van der Waals surface area contributed by atoms with Crippen LogP contribution >= 0.6 is 23.4 Å². The molecule has 1 aromatic rings. The molecule has 0 aromatic carbocycles. The number of nitrogens with one attached hydrogen (secondary N) is 1. The second-order valence-corrected chi connectivity index (χ2v) is 7.68. The average Bonchev–Trinajstić information content (AvgIpc) is 2.51. The van der Waals surface area contributed by atoms with Crippen molar-refractivity contribution < 1.29 is 9.59 Å². The van der Waals surface area contributed by atoms with Crippen molar-refractivity contribution in [3.8, 4) is 0 Å². The monoisotopic (exact) mass is 385 g/mol. The van der Waals surface area contributed by atoms with Crippen molar-refractivity contribution in [2.24, 2.45) is 0 Å². The number of halogens is 1. The lowest BCUT2D eigenvalue weighted by Crippen LogP contribution is -2.53. The number of aromatic nitrogens is 2. The first-order valence-corrected chi connectivity index (χ1v) is 9.61. The van der Waals surface area contributed by atoms with E-state index in [0.29, 0.717) is 29.9 Å². The number of hydrogen-bond acceptors (Lipinski definition) is 6. The van der Waals surface area contributed by atoms with Crippen molar-refractivity contribution in [3.63, 3.8) is 0 Å². The van der Waals surface area contributed by atoms with Crippen LogP contribution in [0.15, 0.2) is 11.2 Å². The molecule has 2 heterocycles. The van der Waals surface area contributed by atoms with Crippen molar-refractivity contribution in [2.75, 3.05) is 30.3 Å². The molecule has 0 unspecified atom stereocenters. The van der Waals surface area contributed by atoms with E-state index in [0.717, 1.165) is 5.82 Å². The SMILES string of the molecule is CC(=O)N1CCN(c2cc(Cl)nc(SCC(=O)NC(C)C)n2)C[C@H]1C. The first-order chi connectivity index (χ1) is 11.8. The second-order valence-electron chi connectivity index (χ2n) is 6.35. The maximum atomic E-state index is 11.8. The molecule has 0 spiro atoms. The Morgan fingerprint density at radius 1 is 1.40 bits per heavy atom. The Morgan fingerprint density at radius 3 is 2.72 bits per heavy atom. The number of rotatable bonds is 5. The van der Waals surface area contributed by atoms with Crippen molar-refractivity contribution in [1.29, 1.82) is 0 Å². The van der Waals surface area contributed by atoms with Gasteiger partial charge in [-0.25, -0.2) is 9.97 Å². The highest BCUT2D eigenvalue weighted by Gasteiger charge is 2.26. The summed E-state index contributed by atoms with van der Waals surface area (Å²) in [6, 6.07) is 1.92. The van der Waals surface area contributed by atoms with E-state index >= 15 is 0 Å². The highest BCUT2D eigenvalue weighted by Crippen LogP contribution is 2.24. The maximum absolute atomic E-state index is 11.8. The Bertz CT molecular complexity index is 643. The van der Waals surface area contributed by atoms with Crippen LogP contribution in [0.1, 0.15) is 27.7 Å². The van der Waals surface area contributed by atoms with E-state index in [2.05, 4.69) is 20.2 Å². The summed E-state index contributed by atoms with van der Waals surface area (Å²) in [6.45, 7) is 9.46. The number of hydrogen-bond donors (Lipinski definition) is 1. The minimum Gasteiger partial charge on any atom is -0.353 e. The maximum Gasteiger partial charge on any atom is 0.230 e. The smallest absolute Gasteiger partial charge is 0.230 e. The molecular weight excluding hydrogens is 362 g/mol. The molecule has 1 aromatic heterocycles. The minimum absolute atomic E-state index is 0.0613. The van der Waals surface area contributed by atoms with Gasteiger partial charge < -0.3 is 15.1 Å². The van der Waals surface area contributed by atoms with Crippen molar-refractivity contribution >= 4 is 41.0 Å². The summed E-state index contributed by atoms with van der Waals surface area (Å²) in [5.41, 5.74) is 0. The quantitative estimate of drug-likeness (QED) is 0.473. The minimum atomic E-state index is -0.0613. The summed E-state index contributed by atoms with van der Waals surface area (Å²) < 4.78 is 0. The fourth-order valence-electron chi connectivity index (χ4n) is 2.74. The molecule has 1 aliphatic heterocycles. The van der Waals surface area contributed by atoms with E-state index in [-0.39, 0.29) is 29.7 Å². The van der Waals surface area contributed by atoms with Crippen LogP contribution in [0.25, 0.3) is 0 Å². The van der Waals surface area contributed by atoms with Crippen molar-refractivity contribution in [3.05, 3.63) is 11.2 Å². The molecule has 9 heteroatoms. The predicted molar refractivity (Wildman–Crippen MR) is 100 cm³/mol. The van der Waals surface area contributed by atoms with E-state index in [1.165, 1.54) is 11.8 Å². The van der Waals surface area contributed by atoms with E-state index in [1.807, 2.05) is 25.7 Å². The first-order valence-electron chi connectivity index (χ1n) is 8.25. The van der Waals surface area contributed by atoms with Crippen LogP contribution in [0.4, 0.5) is 5.82 Å². The molecule has 1 atom stereocenters. The van der Waals surface area contributed by atoms with Crippen LogP contribution in [0.2, 0.25) is 5.15 Å². The Balaban J connectivity index is 2.04. The molecule has 25 heavy (non-hydrogen) atoms. The predicted octanol–water partition coefficient (Wildman–Crippen LogP) is 1.80. The highest BCUT2D eigenvalue weighted by molar-refractivity contribution is 7.99. The van der Waals surface area contributed by atoms with Gasteiger partial charge >= 0.3 is 0 Å². The van der Waals surface area contributed by atoms with Gasteiger partial charge in [-0.1, -0.05) is 23.4 Å². The number of amides is 2. The van der Waals surface area contributed by atoms with Crippen molar-refractivity contribution in [1.82, 2.24) is 20.2 Å². The molecule has 138 valence electrons. The molecule has 1 saturated heterocycles. The van der Waals surface area contributed by atoms with Gasteiger partial charge in [-0.2, -0.15) is 0 Å². The number of carbonyl (C=O) groups excluding carboxylic acids is 2. The van der Waals surface area contributed by atoms with Crippen LogP contribution in [0, 0.1) is 0 Å². The second kappa shape index (κ2) is 8.71. The van der Waals surface area contributed by atoms with Crippen LogP contribution in [-0.2, 0) is 9.59 Å². The number of nitrogens with zero attached hydrogens (tertiary/aromatic N) is 4. The molecule has 0 saturated carbocycles. The molecule has 1 aliphatic rings. The lowest BCUT2D eigenvalue weighted by molar-refractivity contribution is -0.131. The molecule has 7 nitrogen and oxygen atoms in total. The summed E-state index contributed by atoms with van der Waals surface area (Å²) >= 11 is 7.39. The Hall–Kier alpha value is -1.54. The zero-order chi connectivity index (χ0) is 18.6. The lowest BCUT2D eigenvalue weighted by Gasteiger charge is -2.40. The summed E-state index contributed by atoms with van der Waals surface area (Å²) in [5, 5.41) is 3.65. The van der Waals surface area contributed by atoms with Crippen LogP contribution in [0.3, 0.4) is 0 Å². The number of anilines is 1.